The van der Waals surface area contributed by atoms with Crippen LogP contribution in [0.1, 0.15) is 5.56 Å². The zero-order valence-electron chi connectivity index (χ0n) is 11.1. The fraction of sp³-hybridized carbons (Fsp3) is 0.385. The molecule has 1 rings (SSSR count). The molecule has 0 aliphatic rings. The van der Waals surface area contributed by atoms with Gasteiger partial charge >= 0.3 is 12.0 Å². The van der Waals surface area contributed by atoms with Crippen LogP contribution in [0.3, 0.4) is 0 Å². The van der Waals surface area contributed by atoms with Gasteiger partial charge in [0.05, 0.1) is 13.1 Å². The number of amides is 2. The second-order valence-electron chi connectivity index (χ2n) is 4.16. The average Bonchev–Trinajstić information content (AvgIpc) is 2.41. The fourth-order valence-electron chi connectivity index (χ4n) is 1.38. The molecule has 7 nitrogen and oxygen atoms in total. The van der Waals surface area contributed by atoms with E-state index in [2.05, 4.69) is 10.6 Å². The van der Waals surface area contributed by atoms with Gasteiger partial charge in [0.25, 0.3) is 0 Å². The number of hydrogen-bond donors (Lipinski definition) is 4. The number of rotatable bonds is 7. The molecule has 0 spiro atoms. The molecule has 0 bridgehead atoms. The molecule has 0 radical (unpaired) electrons. The smallest absolute Gasteiger partial charge is 0.334 e. The molecular formula is C13H18N2O5. The summed E-state index contributed by atoms with van der Waals surface area (Å²) >= 11 is 0. The largest absolute Gasteiger partial charge is 0.492 e. The van der Waals surface area contributed by atoms with Gasteiger partial charge in [-0.3, -0.25) is 0 Å². The average molecular weight is 282 g/mol. The van der Waals surface area contributed by atoms with Crippen molar-refractivity contribution in [1.82, 2.24) is 10.6 Å². The van der Waals surface area contributed by atoms with E-state index < -0.39 is 18.1 Å². The van der Waals surface area contributed by atoms with E-state index in [4.69, 9.17) is 14.9 Å². The van der Waals surface area contributed by atoms with Crippen molar-refractivity contribution >= 4 is 12.0 Å². The van der Waals surface area contributed by atoms with Gasteiger partial charge in [-0.05, 0) is 24.6 Å². The number of aliphatic carboxylic acids is 1. The molecule has 7 heteroatoms. The minimum atomic E-state index is -1.61. The third-order valence-electron chi connectivity index (χ3n) is 2.39. The van der Waals surface area contributed by atoms with Crippen molar-refractivity contribution in [2.24, 2.45) is 0 Å². The molecule has 2 amide bonds. The van der Waals surface area contributed by atoms with Crippen LogP contribution < -0.4 is 15.4 Å². The van der Waals surface area contributed by atoms with Crippen molar-refractivity contribution in [3.05, 3.63) is 29.8 Å². The number of carboxylic acids is 1. The first kappa shape index (κ1) is 15.8. The highest BCUT2D eigenvalue weighted by Crippen LogP contribution is 2.11. The molecule has 0 saturated carbocycles. The van der Waals surface area contributed by atoms with Crippen molar-refractivity contribution in [2.75, 3.05) is 19.7 Å². The molecular weight excluding hydrogens is 264 g/mol. The van der Waals surface area contributed by atoms with Gasteiger partial charge in [-0.2, -0.15) is 0 Å². The summed E-state index contributed by atoms with van der Waals surface area (Å²) in [6, 6.07) is 6.96. The maximum absolute atomic E-state index is 11.3. The van der Waals surface area contributed by atoms with Crippen LogP contribution in [0.25, 0.3) is 0 Å². The number of ether oxygens (including phenoxy) is 1. The molecule has 0 fully saturated rings. The van der Waals surface area contributed by atoms with E-state index in [9.17, 15) is 9.59 Å². The van der Waals surface area contributed by atoms with Crippen LogP contribution in [0.2, 0.25) is 0 Å². The summed E-state index contributed by atoms with van der Waals surface area (Å²) in [4.78, 5) is 21.6. The summed E-state index contributed by atoms with van der Waals surface area (Å²) in [5, 5.41) is 22.1. The number of urea groups is 1. The van der Waals surface area contributed by atoms with Crippen LogP contribution in [-0.4, -0.2) is 48.0 Å². The minimum absolute atomic E-state index is 0.267. The van der Waals surface area contributed by atoms with Crippen LogP contribution >= 0.6 is 0 Å². The van der Waals surface area contributed by atoms with Crippen LogP contribution in [0.5, 0.6) is 5.75 Å². The number of aliphatic hydroxyl groups is 1. The van der Waals surface area contributed by atoms with Crippen molar-refractivity contribution in [3.63, 3.8) is 0 Å². The lowest BCUT2D eigenvalue weighted by molar-refractivity contribution is -0.146. The molecule has 1 aromatic carbocycles. The number of carbonyl (C=O) groups is 2. The van der Waals surface area contributed by atoms with Crippen molar-refractivity contribution in [3.8, 4) is 5.75 Å². The van der Waals surface area contributed by atoms with E-state index in [1.807, 2.05) is 31.2 Å². The molecule has 1 atom stereocenters. The van der Waals surface area contributed by atoms with Gasteiger partial charge in [-0.1, -0.05) is 12.1 Å². The van der Waals surface area contributed by atoms with Gasteiger partial charge in [0.15, 0.2) is 6.10 Å². The minimum Gasteiger partial charge on any atom is -0.492 e. The normalized spacial score (nSPS) is 11.5. The third kappa shape index (κ3) is 6.05. The number of carboxylic acid groups (broad SMARTS) is 1. The number of carbonyl (C=O) groups excluding carboxylic acids is 1. The Kier molecular flexibility index (Phi) is 6.31. The molecule has 0 saturated heterocycles. The fourth-order valence-corrected chi connectivity index (χ4v) is 1.38. The van der Waals surface area contributed by atoms with E-state index in [0.717, 1.165) is 5.56 Å². The van der Waals surface area contributed by atoms with Crippen molar-refractivity contribution in [1.29, 1.82) is 0 Å². The summed E-state index contributed by atoms with van der Waals surface area (Å²) in [7, 11) is 0. The molecule has 0 unspecified atom stereocenters. The molecule has 4 N–H and O–H groups in total. The molecule has 0 aliphatic heterocycles. The van der Waals surface area contributed by atoms with E-state index >= 15 is 0 Å². The quantitative estimate of drug-likeness (QED) is 0.531. The van der Waals surface area contributed by atoms with Gasteiger partial charge in [0.2, 0.25) is 0 Å². The highest BCUT2D eigenvalue weighted by Gasteiger charge is 2.13. The highest BCUT2D eigenvalue weighted by molar-refractivity contribution is 5.76. The molecule has 1 aromatic rings. The number of aliphatic hydroxyl groups excluding tert-OH is 1. The molecule has 0 aliphatic carbocycles. The highest BCUT2D eigenvalue weighted by atomic mass is 16.5. The number of benzene rings is 1. The Balaban J connectivity index is 2.15. The lowest BCUT2D eigenvalue weighted by atomic mass is 10.2. The topological polar surface area (TPSA) is 108 Å². The Labute approximate surface area is 116 Å². The van der Waals surface area contributed by atoms with E-state index in [1.165, 1.54) is 0 Å². The van der Waals surface area contributed by atoms with Crippen LogP contribution in [-0.2, 0) is 4.79 Å². The van der Waals surface area contributed by atoms with E-state index in [0.29, 0.717) is 12.4 Å². The second-order valence-corrected chi connectivity index (χ2v) is 4.16. The first-order valence-corrected chi connectivity index (χ1v) is 6.11. The SMILES string of the molecule is Cc1cccc(OCCNC(=O)NC[C@H](O)C(=O)O)c1. The number of hydrogen-bond acceptors (Lipinski definition) is 4. The number of aryl methyl sites for hydroxylation is 1. The zero-order valence-corrected chi connectivity index (χ0v) is 11.1. The molecule has 110 valence electrons. The lowest BCUT2D eigenvalue weighted by Gasteiger charge is -2.10. The van der Waals surface area contributed by atoms with Crippen LogP contribution in [0, 0.1) is 6.92 Å². The summed E-state index contributed by atoms with van der Waals surface area (Å²) < 4.78 is 5.42. The third-order valence-corrected chi connectivity index (χ3v) is 2.39. The lowest BCUT2D eigenvalue weighted by Crippen LogP contribution is -2.43. The van der Waals surface area contributed by atoms with Gasteiger partial charge in [-0.15, -0.1) is 0 Å². The van der Waals surface area contributed by atoms with Crippen LogP contribution in [0.4, 0.5) is 4.79 Å². The van der Waals surface area contributed by atoms with Crippen molar-refractivity contribution in [2.45, 2.75) is 13.0 Å². The standard InChI is InChI=1S/C13H18N2O5/c1-9-3-2-4-10(7-9)20-6-5-14-13(19)15-8-11(16)12(17)18/h2-4,7,11,16H,5-6,8H2,1H3,(H,17,18)(H2,14,15,19)/t11-/m0/s1. The Bertz CT molecular complexity index is 464. The maximum Gasteiger partial charge on any atom is 0.334 e. The summed E-state index contributed by atoms with van der Waals surface area (Å²) in [5.74, 6) is -0.665. The predicted octanol–water partition coefficient (Wildman–Crippen LogP) is 0.119. The van der Waals surface area contributed by atoms with E-state index in [1.54, 1.807) is 0 Å². The Morgan fingerprint density at radius 1 is 1.35 bits per heavy atom. The van der Waals surface area contributed by atoms with Gasteiger partial charge in [0, 0.05) is 0 Å². The first-order valence-electron chi connectivity index (χ1n) is 6.11. The van der Waals surface area contributed by atoms with Gasteiger partial charge in [-0.25, -0.2) is 9.59 Å². The second kappa shape index (κ2) is 8.00. The summed E-state index contributed by atoms with van der Waals surface area (Å²) in [6.07, 6.45) is -1.61. The Hall–Kier alpha value is -2.28. The monoisotopic (exact) mass is 282 g/mol. The predicted molar refractivity (Wildman–Crippen MR) is 71.7 cm³/mol. The Morgan fingerprint density at radius 3 is 2.75 bits per heavy atom. The summed E-state index contributed by atoms with van der Waals surface area (Å²) in [5.41, 5.74) is 1.08. The molecule has 20 heavy (non-hydrogen) atoms. The van der Waals surface area contributed by atoms with Gasteiger partial charge in [0.1, 0.15) is 12.4 Å². The molecule has 0 heterocycles. The maximum atomic E-state index is 11.3. The van der Waals surface area contributed by atoms with E-state index in [-0.39, 0.29) is 13.1 Å². The summed E-state index contributed by atoms with van der Waals surface area (Å²) in [6.45, 7) is 2.16. The molecule has 0 aromatic heterocycles. The first-order chi connectivity index (χ1) is 9.49. The zero-order chi connectivity index (χ0) is 15.0. The Morgan fingerprint density at radius 2 is 2.10 bits per heavy atom. The van der Waals surface area contributed by atoms with Crippen molar-refractivity contribution < 1.29 is 24.5 Å². The number of nitrogens with one attached hydrogen (secondary N) is 2. The van der Waals surface area contributed by atoms with Crippen LogP contribution in [0.15, 0.2) is 24.3 Å². The van der Waals surface area contributed by atoms with Gasteiger partial charge < -0.3 is 25.6 Å².